The van der Waals surface area contributed by atoms with Gasteiger partial charge in [0.2, 0.25) is 5.91 Å². The third-order valence-corrected chi connectivity index (χ3v) is 1.74. The fraction of sp³-hybridized carbons (Fsp3) is 0.125. The molecule has 0 aliphatic carbocycles. The standard InChI is InChI=1S/C8H8ClNO2/c9-6-1-2-7(8(10)12)5(3-6)4-11/h1-3,11H,4H2,(H2,10,12). The molecule has 12 heavy (non-hydrogen) atoms. The van der Waals surface area contributed by atoms with E-state index < -0.39 is 5.91 Å². The van der Waals surface area contributed by atoms with E-state index in [0.29, 0.717) is 16.1 Å². The molecule has 1 aromatic rings. The van der Waals surface area contributed by atoms with Crippen molar-refractivity contribution in [2.24, 2.45) is 5.73 Å². The molecule has 1 aromatic carbocycles. The largest absolute Gasteiger partial charge is 0.392 e. The SMILES string of the molecule is NC(=O)c1ccc(Cl)cc1CO. The van der Waals surface area contributed by atoms with Gasteiger partial charge in [-0.3, -0.25) is 4.79 Å². The van der Waals surface area contributed by atoms with Crippen molar-refractivity contribution in [2.45, 2.75) is 6.61 Å². The first kappa shape index (κ1) is 9.03. The lowest BCUT2D eigenvalue weighted by molar-refractivity contribution is 0.0997. The minimum Gasteiger partial charge on any atom is -0.392 e. The molecule has 1 amide bonds. The van der Waals surface area contributed by atoms with Crippen LogP contribution >= 0.6 is 11.6 Å². The molecule has 64 valence electrons. The number of carbonyl (C=O) groups excluding carboxylic acids is 1. The summed E-state index contributed by atoms with van der Waals surface area (Å²) < 4.78 is 0. The van der Waals surface area contributed by atoms with E-state index in [1.54, 1.807) is 6.07 Å². The molecule has 0 saturated carbocycles. The van der Waals surface area contributed by atoms with Crippen molar-refractivity contribution in [3.8, 4) is 0 Å². The number of aliphatic hydroxyl groups is 1. The summed E-state index contributed by atoms with van der Waals surface area (Å²) in [6.45, 7) is -0.237. The van der Waals surface area contributed by atoms with Gasteiger partial charge >= 0.3 is 0 Å². The average Bonchev–Trinajstić information content (AvgIpc) is 2.03. The normalized spacial score (nSPS) is 9.83. The molecular formula is C8H8ClNO2. The Morgan fingerprint density at radius 2 is 2.25 bits per heavy atom. The Hall–Kier alpha value is -1.06. The van der Waals surface area contributed by atoms with Gasteiger partial charge in [-0.25, -0.2) is 0 Å². The zero-order valence-electron chi connectivity index (χ0n) is 6.25. The van der Waals surface area contributed by atoms with Crippen LogP contribution in [0.15, 0.2) is 18.2 Å². The Kier molecular flexibility index (Phi) is 2.68. The molecule has 0 aliphatic heterocycles. The fourth-order valence-corrected chi connectivity index (χ4v) is 1.13. The Morgan fingerprint density at radius 1 is 1.58 bits per heavy atom. The number of nitrogens with two attached hydrogens (primary N) is 1. The van der Waals surface area contributed by atoms with Crippen LogP contribution in [0.4, 0.5) is 0 Å². The summed E-state index contributed by atoms with van der Waals surface area (Å²) in [5.41, 5.74) is 5.81. The van der Waals surface area contributed by atoms with Crippen LogP contribution in [0.3, 0.4) is 0 Å². The summed E-state index contributed by atoms with van der Waals surface area (Å²) in [5, 5.41) is 9.30. The van der Waals surface area contributed by atoms with Crippen molar-refractivity contribution in [2.75, 3.05) is 0 Å². The van der Waals surface area contributed by atoms with Gasteiger partial charge in [-0.1, -0.05) is 11.6 Å². The highest BCUT2D eigenvalue weighted by Gasteiger charge is 2.06. The minimum absolute atomic E-state index is 0.237. The van der Waals surface area contributed by atoms with Gasteiger partial charge in [-0.15, -0.1) is 0 Å². The molecule has 0 bridgehead atoms. The van der Waals surface area contributed by atoms with E-state index in [-0.39, 0.29) is 6.61 Å². The highest BCUT2D eigenvalue weighted by Crippen LogP contribution is 2.15. The van der Waals surface area contributed by atoms with Crippen molar-refractivity contribution < 1.29 is 9.90 Å². The van der Waals surface area contributed by atoms with Gasteiger partial charge < -0.3 is 10.8 Å². The predicted molar refractivity (Wildman–Crippen MR) is 45.9 cm³/mol. The second kappa shape index (κ2) is 3.56. The molecule has 0 aromatic heterocycles. The second-order valence-electron chi connectivity index (χ2n) is 2.32. The van der Waals surface area contributed by atoms with E-state index in [4.69, 9.17) is 22.4 Å². The molecule has 0 radical (unpaired) electrons. The Labute approximate surface area is 74.8 Å². The van der Waals surface area contributed by atoms with E-state index in [0.717, 1.165) is 0 Å². The van der Waals surface area contributed by atoms with Crippen LogP contribution in [0.25, 0.3) is 0 Å². The van der Waals surface area contributed by atoms with Gasteiger partial charge in [-0.2, -0.15) is 0 Å². The fourth-order valence-electron chi connectivity index (χ4n) is 0.933. The molecule has 0 spiro atoms. The first-order valence-electron chi connectivity index (χ1n) is 3.34. The van der Waals surface area contributed by atoms with E-state index in [1.165, 1.54) is 12.1 Å². The quantitative estimate of drug-likeness (QED) is 0.720. The van der Waals surface area contributed by atoms with Crippen molar-refractivity contribution in [3.05, 3.63) is 34.3 Å². The predicted octanol–water partition coefficient (Wildman–Crippen LogP) is 0.931. The maximum atomic E-state index is 10.8. The number of rotatable bonds is 2. The summed E-state index contributed by atoms with van der Waals surface area (Å²) >= 11 is 5.64. The van der Waals surface area contributed by atoms with Crippen molar-refractivity contribution in [3.63, 3.8) is 0 Å². The van der Waals surface area contributed by atoms with E-state index >= 15 is 0 Å². The van der Waals surface area contributed by atoms with Crippen LogP contribution in [0.2, 0.25) is 5.02 Å². The van der Waals surface area contributed by atoms with Gasteiger partial charge in [-0.05, 0) is 23.8 Å². The van der Waals surface area contributed by atoms with Crippen LogP contribution in [0, 0.1) is 0 Å². The first-order chi connectivity index (χ1) is 5.65. The number of benzene rings is 1. The number of aliphatic hydroxyl groups excluding tert-OH is 1. The number of halogens is 1. The number of carbonyl (C=O) groups is 1. The molecule has 0 heterocycles. The molecule has 1 rings (SSSR count). The minimum atomic E-state index is -0.560. The lowest BCUT2D eigenvalue weighted by atomic mass is 10.1. The Morgan fingerprint density at radius 3 is 2.75 bits per heavy atom. The second-order valence-corrected chi connectivity index (χ2v) is 2.76. The Bertz CT molecular complexity index is 312. The highest BCUT2D eigenvalue weighted by molar-refractivity contribution is 6.30. The lowest BCUT2D eigenvalue weighted by Crippen LogP contribution is -2.13. The number of primary amides is 1. The zero-order chi connectivity index (χ0) is 9.14. The van der Waals surface area contributed by atoms with E-state index in [1.807, 2.05) is 0 Å². The van der Waals surface area contributed by atoms with E-state index in [2.05, 4.69) is 0 Å². The topological polar surface area (TPSA) is 63.3 Å². The zero-order valence-corrected chi connectivity index (χ0v) is 7.01. The van der Waals surface area contributed by atoms with Crippen molar-refractivity contribution in [1.82, 2.24) is 0 Å². The summed E-state index contributed by atoms with van der Waals surface area (Å²) in [4.78, 5) is 10.8. The van der Waals surface area contributed by atoms with Crippen LogP contribution in [-0.4, -0.2) is 11.0 Å². The highest BCUT2D eigenvalue weighted by atomic mass is 35.5. The molecule has 4 heteroatoms. The molecule has 0 unspecified atom stereocenters. The van der Waals surface area contributed by atoms with Crippen LogP contribution < -0.4 is 5.73 Å². The third-order valence-electron chi connectivity index (χ3n) is 1.50. The smallest absolute Gasteiger partial charge is 0.249 e. The molecule has 0 saturated heterocycles. The maximum Gasteiger partial charge on any atom is 0.249 e. The van der Waals surface area contributed by atoms with Gasteiger partial charge in [0.1, 0.15) is 0 Å². The first-order valence-corrected chi connectivity index (χ1v) is 3.72. The molecule has 0 fully saturated rings. The summed E-state index contributed by atoms with van der Waals surface area (Å²) in [6.07, 6.45) is 0. The summed E-state index contributed by atoms with van der Waals surface area (Å²) in [6, 6.07) is 4.57. The molecule has 0 aliphatic rings. The number of hydrogen-bond donors (Lipinski definition) is 2. The number of amides is 1. The summed E-state index contributed by atoms with van der Waals surface area (Å²) in [7, 11) is 0. The lowest BCUT2D eigenvalue weighted by Gasteiger charge is -2.02. The summed E-state index contributed by atoms with van der Waals surface area (Å²) in [5.74, 6) is -0.560. The maximum absolute atomic E-state index is 10.8. The van der Waals surface area contributed by atoms with Crippen LogP contribution in [0.5, 0.6) is 0 Å². The average molecular weight is 186 g/mol. The van der Waals surface area contributed by atoms with Crippen molar-refractivity contribution >= 4 is 17.5 Å². The van der Waals surface area contributed by atoms with Crippen molar-refractivity contribution in [1.29, 1.82) is 0 Å². The molecule has 3 nitrogen and oxygen atoms in total. The van der Waals surface area contributed by atoms with Crippen LogP contribution in [0.1, 0.15) is 15.9 Å². The molecular weight excluding hydrogens is 178 g/mol. The monoisotopic (exact) mass is 185 g/mol. The molecule has 3 N–H and O–H groups in total. The van der Waals surface area contributed by atoms with Gasteiger partial charge in [0.15, 0.2) is 0 Å². The third kappa shape index (κ3) is 1.75. The number of hydrogen-bond acceptors (Lipinski definition) is 2. The van der Waals surface area contributed by atoms with Gasteiger partial charge in [0.05, 0.1) is 6.61 Å². The molecule has 0 atom stereocenters. The van der Waals surface area contributed by atoms with Crippen LogP contribution in [-0.2, 0) is 6.61 Å². The van der Waals surface area contributed by atoms with Gasteiger partial charge in [0, 0.05) is 10.6 Å². The Balaban J connectivity index is 3.20. The van der Waals surface area contributed by atoms with Gasteiger partial charge in [0.25, 0.3) is 0 Å². The van der Waals surface area contributed by atoms with E-state index in [9.17, 15) is 4.79 Å².